The zero-order valence-corrected chi connectivity index (χ0v) is 15.0. The zero-order valence-electron chi connectivity index (χ0n) is 15.0. The van der Waals surface area contributed by atoms with Crippen molar-refractivity contribution in [1.29, 1.82) is 0 Å². The minimum atomic E-state index is -0.525. The molecule has 0 saturated heterocycles. The third-order valence-electron chi connectivity index (χ3n) is 4.02. The molecule has 0 aromatic heterocycles. The molecule has 0 saturated carbocycles. The predicted octanol–water partition coefficient (Wildman–Crippen LogP) is 4.22. The minimum absolute atomic E-state index is 0.0321. The van der Waals surface area contributed by atoms with Crippen LogP contribution < -0.4 is 14.8 Å². The van der Waals surface area contributed by atoms with Crippen molar-refractivity contribution in [3.05, 3.63) is 53.6 Å². The van der Waals surface area contributed by atoms with Crippen LogP contribution in [-0.2, 0) is 11.2 Å². The molecule has 0 fully saturated rings. The molecule has 4 heteroatoms. The minimum Gasteiger partial charge on any atom is -0.493 e. The monoisotopic (exact) mass is 327 g/mol. The van der Waals surface area contributed by atoms with Crippen molar-refractivity contribution >= 4 is 11.6 Å². The largest absolute Gasteiger partial charge is 0.493 e. The molecular formula is C20H25NO3. The number of rotatable bonds is 6. The summed E-state index contributed by atoms with van der Waals surface area (Å²) >= 11 is 0. The molecule has 0 bridgehead atoms. The van der Waals surface area contributed by atoms with Gasteiger partial charge in [0.1, 0.15) is 0 Å². The van der Waals surface area contributed by atoms with E-state index >= 15 is 0 Å². The number of aryl methyl sites for hydroxylation is 1. The second-order valence-electron chi connectivity index (χ2n) is 6.57. The molecule has 4 nitrogen and oxygen atoms in total. The van der Waals surface area contributed by atoms with Crippen molar-refractivity contribution in [1.82, 2.24) is 0 Å². The lowest BCUT2D eigenvalue weighted by atomic mass is 9.84. The van der Waals surface area contributed by atoms with Crippen LogP contribution in [0.4, 0.5) is 5.69 Å². The van der Waals surface area contributed by atoms with E-state index in [9.17, 15) is 4.79 Å². The van der Waals surface area contributed by atoms with Crippen molar-refractivity contribution in [2.24, 2.45) is 5.41 Å². The summed E-state index contributed by atoms with van der Waals surface area (Å²) in [5, 5.41) is 2.97. The second kappa shape index (κ2) is 7.39. The van der Waals surface area contributed by atoms with Gasteiger partial charge in [0.2, 0.25) is 5.91 Å². The number of hydrogen-bond donors (Lipinski definition) is 1. The highest BCUT2D eigenvalue weighted by atomic mass is 16.5. The van der Waals surface area contributed by atoms with Gasteiger partial charge in [-0.15, -0.1) is 0 Å². The van der Waals surface area contributed by atoms with Crippen LogP contribution >= 0.6 is 0 Å². The van der Waals surface area contributed by atoms with E-state index < -0.39 is 5.41 Å². The average molecular weight is 327 g/mol. The number of methoxy groups -OCH3 is 2. The summed E-state index contributed by atoms with van der Waals surface area (Å²) in [5.41, 5.74) is 2.52. The molecule has 0 aliphatic heterocycles. The van der Waals surface area contributed by atoms with Crippen LogP contribution in [0.3, 0.4) is 0 Å². The molecule has 0 aliphatic rings. The average Bonchev–Trinajstić information content (AvgIpc) is 2.56. The number of amides is 1. The van der Waals surface area contributed by atoms with E-state index in [4.69, 9.17) is 9.47 Å². The van der Waals surface area contributed by atoms with Crippen molar-refractivity contribution in [3.8, 4) is 11.5 Å². The molecular weight excluding hydrogens is 302 g/mol. The number of hydrogen-bond acceptors (Lipinski definition) is 3. The number of carbonyl (C=O) groups excluding carboxylic acids is 1. The SMILES string of the molecule is COc1ccc(NC(=O)C(C)(C)Cc2ccc(C)cc2)cc1OC. The first-order valence-corrected chi connectivity index (χ1v) is 7.95. The number of benzene rings is 2. The number of anilines is 1. The molecule has 0 aliphatic carbocycles. The first-order valence-electron chi connectivity index (χ1n) is 7.95. The Morgan fingerprint density at radius 1 is 1.00 bits per heavy atom. The fourth-order valence-corrected chi connectivity index (χ4v) is 2.51. The first kappa shape index (κ1) is 17.9. The lowest BCUT2D eigenvalue weighted by Crippen LogP contribution is -2.32. The van der Waals surface area contributed by atoms with E-state index in [1.807, 2.05) is 13.8 Å². The van der Waals surface area contributed by atoms with Gasteiger partial charge in [-0.1, -0.05) is 43.7 Å². The van der Waals surface area contributed by atoms with E-state index in [1.54, 1.807) is 32.4 Å². The Balaban J connectivity index is 2.11. The van der Waals surface area contributed by atoms with Crippen molar-refractivity contribution in [2.75, 3.05) is 19.5 Å². The predicted molar refractivity (Wildman–Crippen MR) is 96.8 cm³/mol. The summed E-state index contributed by atoms with van der Waals surface area (Å²) in [6, 6.07) is 13.6. The molecule has 1 amide bonds. The van der Waals surface area contributed by atoms with Gasteiger partial charge in [0.15, 0.2) is 11.5 Å². The van der Waals surface area contributed by atoms with Crippen LogP contribution in [0.15, 0.2) is 42.5 Å². The molecule has 2 rings (SSSR count). The van der Waals surface area contributed by atoms with E-state index in [1.165, 1.54) is 5.56 Å². The Bertz CT molecular complexity index is 705. The lowest BCUT2D eigenvalue weighted by molar-refractivity contribution is -0.123. The number of nitrogens with one attached hydrogen (secondary N) is 1. The van der Waals surface area contributed by atoms with Crippen LogP contribution in [0.2, 0.25) is 0 Å². The van der Waals surface area contributed by atoms with Crippen molar-refractivity contribution < 1.29 is 14.3 Å². The van der Waals surface area contributed by atoms with E-state index in [0.717, 1.165) is 5.56 Å². The third-order valence-corrected chi connectivity index (χ3v) is 4.02. The van der Waals surface area contributed by atoms with Gasteiger partial charge in [-0.2, -0.15) is 0 Å². The van der Waals surface area contributed by atoms with Crippen molar-refractivity contribution in [3.63, 3.8) is 0 Å². The lowest BCUT2D eigenvalue weighted by Gasteiger charge is -2.24. The molecule has 128 valence electrons. The summed E-state index contributed by atoms with van der Waals surface area (Å²) in [6.07, 6.45) is 0.673. The first-order chi connectivity index (χ1) is 11.4. The normalized spacial score (nSPS) is 11.0. The Hall–Kier alpha value is -2.49. The van der Waals surface area contributed by atoms with Gasteiger partial charge < -0.3 is 14.8 Å². The maximum absolute atomic E-state index is 12.7. The smallest absolute Gasteiger partial charge is 0.230 e. The molecule has 1 N–H and O–H groups in total. The Kier molecular flexibility index (Phi) is 5.50. The Morgan fingerprint density at radius 3 is 2.21 bits per heavy atom. The highest BCUT2D eigenvalue weighted by Gasteiger charge is 2.28. The molecule has 24 heavy (non-hydrogen) atoms. The van der Waals surface area contributed by atoms with Gasteiger partial charge in [-0.05, 0) is 31.0 Å². The molecule has 2 aromatic rings. The van der Waals surface area contributed by atoms with Gasteiger partial charge in [0.05, 0.1) is 14.2 Å². The molecule has 0 atom stereocenters. The summed E-state index contributed by atoms with van der Waals surface area (Å²) < 4.78 is 10.5. The maximum Gasteiger partial charge on any atom is 0.230 e. The molecule has 0 unspecified atom stereocenters. The Labute approximate surface area is 143 Å². The quantitative estimate of drug-likeness (QED) is 0.864. The number of ether oxygens (including phenoxy) is 2. The van der Waals surface area contributed by atoms with E-state index in [2.05, 4.69) is 36.5 Å². The summed E-state index contributed by atoms with van der Waals surface area (Å²) in [7, 11) is 3.16. The molecule has 0 radical (unpaired) electrons. The highest BCUT2D eigenvalue weighted by Crippen LogP contribution is 2.31. The van der Waals surface area contributed by atoms with Crippen LogP contribution in [-0.4, -0.2) is 20.1 Å². The second-order valence-corrected chi connectivity index (χ2v) is 6.57. The van der Waals surface area contributed by atoms with E-state index in [0.29, 0.717) is 23.6 Å². The maximum atomic E-state index is 12.7. The van der Waals surface area contributed by atoms with Gasteiger partial charge >= 0.3 is 0 Å². The van der Waals surface area contributed by atoms with Gasteiger partial charge in [0, 0.05) is 17.2 Å². The summed E-state index contributed by atoms with van der Waals surface area (Å²) in [6.45, 7) is 5.95. The van der Waals surface area contributed by atoms with Crippen LogP contribution in [0.25, 0.3) is 0 Å². The van der Waals surface area contributed by atoms with Gasteiger partial charge in [0.25, 0.3) is 0 Å². The third kappa shape index (κ3) is 4.28. The van der Waals surface area contributed by atoms with Crippen LogP contribution in [0, 0.1) is 12.3 Å². The fraction of sp³-hybridized carbons (Fsp3) is 0.350. The van der Waals surface area contributed by atoms with Crippen LogP contribution in [0.1, 0.15) is 25.0 Å². The van der Waals surface area contributed by atoms with Gasteiger partial charge in [-0.3, -0.25) is 4.79 Å². The molecule has 0 spiro atoms. The zero-order chi connectivity index (χ0) is 17.7. The number of carbonyl (C=O) groups is 1. The van der Waals surface area contributed by atoms with Crippen LogP contribution in [0.5, 0.6) is 11.5 Å². The highest BCUT2D eigenvalue weighted by molar-refractivity contribution is 5.95. The van der Waals surface area contributed by atoms with Crippen molar-refractivity contribution in [2.45, 2.75) is 27.2 Å². The standard InChI is InChI=1S/C20H25NO3/c1-14-6-8-15(9-7-14)13-20(2,3)19(22)21-16-10-11-17(23-4)18(12-16)24-5/h6-12H,13H2,1-5H3,(H,21,22). The van der Waals surface area contributed by atoms with E-state index in [-0.39, 0.29) is 5.91 Å². The Morgan fingerprint density at radius 2 is 1.62 bits per heavy atom. The fourth-order valence-electron chi connectivity index (χ4n) is 2.51. The summed E-state index contributed by atoms with van der Waals surface area (Å²) in [5.74, 6) is 1.19. The van der Waals surface area contributed by atoms with Gasteiger partial charge in [-0.25, -0.2) is 0 Å². The summed E-state index contributed by atoms with van der Waals surface area (Å²) in [4.78, 5) is 12.7. The topological polar surface area (TPSA) is 47.6 Å². The molecule has 0 heterocycles. The molecule has 2 aromatic carbocycles.